The van der Waals surface area contributed by atoms with Crippen molar-refractivity contribution in [2.45, 2.75) is 25.8 Å². The molecule has 0 aliphatic carbocycles. The van der Waals surface area contributed by atoms with Crippen LogP contribution >= 0.6 is 0 Å². The lowest BCUT2D eigenvalue weighted by atomic mass is 10.1. The average molecular weight is 247 g/mol. The molecule has 0 aliphatic rings. The fourth-order valence-corrected chi connectivity index (χ4v) is 1.86. The maximum absolute atomic E-state index is 11.6. The van der Waals surface area contributed by atoms with Crippen molar-refractivity contribution in [3.05, 3.63) is 34.5 Å². The third-order valence-electron chi connectivity index (χ3n) is 2.79. The predicted octanol–water partition coefficient (Wildman–Crippen LogP) is 0.970. The summed E-state index contributed by atoms with van der Waals surface area (Å²) in [5.74, 6) is 0.528. The van der Waals surface area contributed by atoms with Crippen LogP contribution in [0.5, 0.6) is 0 Å². The number of rotatable bonds is 4. The second kappa shape index (κ2) is 5.14. The van der Waals surface area contributed by atoms with E-state index in [1.807, 2.05) is 20.0 Å². The molecule has 1 atom stereocenters. The van der Waals surface area contributed by atoms with Gasteiger partial charge in [-0.2, -0.15) is 5.10 Å². The lowest BCUT2D eigenvalue weighted by Crippen LogP contribution is -2.20. The van der Waals surface area contributed by atoms with Gasteiger partial charge in [-0.3, -0.25) is 9.48 Å². The minimum atomic E-state index is -0.240. The molecule has 2 aromatic heterocycles. The first-order valence-electron chi connectivity index (χ1n) is 5.97. The molecule has 6 heteroatoms. The molecule has 0 aliphatic heterocycles. The van der Waals surface area contributed by atoms with Gasteiger partial charge < -0.3 is 10.7 Å². The number of hydrogen-bond donors (Lipinski definition) is 2. The number of aromatic nitrogens is 4. The van der Waals surface area contributed by atoms with Gasteiger partial charge in [-0.05, 0) is 12.5 Å². The van der Waals surface area contributed by atoms with Gasteiger partial charge in [0.25, 0.3) is 5.56 Å². The highest BCUT2D eigenvalue weighted by atomic mass is 16.1. The summed E-state index contributed by atoms with van der Waals surface area (Å²) in [6, 6.07) is 3.03. The summed E-state index contributed by atoms with van der Waals surface area (Å²) in [5, 5.41) is 4.07. The molecule has 96 valence electrons. The molecule has 0 radical (unpaired) electrons. The van der Waals surface area contributed by atoms with Gasteiger partial charge in [-0.25, -0.2) is 4.98 Å². The Morgan fingerprint density at radius 1 is 1.56 bits per heavy atom. The summed E-state index contributed by atoms with van der Waals surface area (Å²) in [6.45, 7) is 2.04. The van der Waals surface area contributed by atoms with E-state index in [0.29, 0.717) is 11.5 Å². The van der Waals surface area contributed by atoms with E-state index in [1.54, 1.807) is 10.9 Å². The zero-order valence-electron chi connectivity index (χ0n) is 10.6. The van der Waals surface area contributed by atoms with Crippen LogP contribution in [-0.4, -0.2) is 19.7 Å². The molecule has 2 aromatic rings. The van der Waals surface area contributed by atoms with Gasteiger partial charge >= 0.3 is 0 Å². The molecule has 0 saturated heterocycles. The standard InChI is InChI=1S/C12H17N5O/c1-3-4-8(13)12-15-9(7-11(18)16-12)10-5-6-14-17(10)2/h5-8H,3-4,13H2,1-2H3,(H,15,16,18). The van der Waals surface area contributed by atoms with Crippen molar-refractivity contribution in [2.75, 3.05) is 0 Å². The Kier molecular flexibility index (Phi) is 3.57. The highest BCUT2D eigenvalue weighted by Crippen LogP contribution is 2.16. The minimum absolute atomic E-state index is 0.192. The summed E-state index contributed by atoms with van der Waals surface area (Å²) >= 11 is 0. The van der Waals surface area contributed by atoms with E-state index in [4.69, 9.17) is 5.73 Å². The van der Waals surface area contributed by atoms with E-state index in [9.17, 15) is 4.79 Å². The van der Waals surface area contributed by atoms with Gasteiger partial charge in [0.2, 0.25) is 0 Å². The van der Waals surface area contributed by atoms with Crippen molar-refractivity contribution in [2.24, 2.45) is 12.8 Å². The summed E-state index contributed by atoms with van der Waals surface area (Å²) in [5.41, 5.74) is 7.18. The molecule has 2 heterocycles. The Bertz CT molecular complexity index is 586. The molecule has 18 heavy (non-hydrogen) atoms. The van der Waals surface area contributed by atoms with Crippen LogP contribution in [0.25, 0.3) is 11.4 Å². The van der Waals surface area contributed by atoms with Crippen LogP contribution in [0.15, 0.2) is 23.1 Å². The van der Waals surface area contributed by atoms with E-state index in [-0.39, 0.29) is 11.6 Å². The molecular formula is C12H17N5O. The van der Waals surface area contributed by atoms with Crippen LogP contribution in [0.1, 0.15) is 31.6 Å². The Morgan fingerprint density at radius 3 is 2.94 bits per heavy atom. The largest absolute Gasteiger partial charge is 0.321 e. The summed E-state index contributed by atoms with van der Waals surface area (Å²) < 4.78 is 1.68. The van der Waals surface area contributed by atoms with E-state index >= 15 is 0 Å². The first-order valence-corrected chi connectivity index (χ1v) is 5.97. The molecule has 0 spiro atoms. The van der Waals surface area contributed by atoms with Crippen LogP contribution in [-0.2, 0) is 7.05 Å². The lowest BCUT2D eigenvalue weighted by Gasteiger charge is -2.10. The zero-order chi connectivity index (χ0) is 13.1. The highest BCUT2D eigenvalue weighted by Gasteiger charge is 2.12. The summed E-state index contributed by atoms with van der Waals surface area (Å²) in [4.78, 5) is 18.8. The molecule has 0 fully saturated rings. The van der Waals surface area contributed by atoms with Crippen molar-refractivity contribution < 1.29 is 0 Å². The second-order valence-corrected chi connectivity index (χ2v) is 4.25. The van der Waals surface area contributed by atoms with Crippen molar-refractivity contribution in [1.29, 1.82) is 0 Å². The Labute approximate surface area is 105 Å². The van der Waals surface area contributed by atoms with Crippen LogP contribution in [0.2, 0.25) is 0 Å². The zero-order valence-corrected chi connectivity index (χ0v) is 10.6. The number of nitrogens with one attached hydrogen (secondary N) is 1. The molecular weight excluding hydrogens is 230 g/mol. The Morgan fingerprint density at radius 2 is 2.33 bits per heavy atom. The molecule has 0 saturated carbocycles. The number of aryl methyl sites for hydroxylation is 1. The van der Waals surface area contributed by atoms with Crippen molar-refractivity contribution >= 4 is 0 Å². The monoisotopic (exact) mass is 247 g/mol. The maximum Gasteiger partial charge on any atom is 0.251 e. The SMILES string of the molecule is CCCC(N)c1nc(-c2ccnn2C)cc(=O)[nH]1. The number of nitrogens with zero attached hydrogens (tertiary/aromatic N) is 3. The van der Waals surface area contributed by atoms with Crippen molar-refractivity contribution in [1.82, 2.24) is 19.7 Å². The molecule has 6 nitrogen and oxygen atoms in total. The average Bonchev–Trinajstić information content (AvgIpc) is 2.75. The normalized spacial score (nSPS) is 12.6. The van der Waals surface area contributed by atoms with Gasteiger partial charge in [0.15, 0.2) is 0 Å². The van der Waals surface area contributed by atoms with Gasteiger partial charge in [-0.1, -0.05) is 13.3 Å². The summed E-state index contributed by atoms with van der Waals surface area (Å²) in [6.07, 6.45) is 3.41. The molecule has 2 rings (SSSR count). The molecule has 0 aromatic carbocycles. The minimum Gasteiger partial charge on any atom is -0.321 e. The van der Waals surface area contributed by atoms with E-state index in [1.165, 1.54) is 6.07 Å². The van der Waals surface area contributed by atoms with Crippen LogP contribution in [0.3, 0.4) is 0 Å². The molecule has 0 amide bonds. The fourth-order valence-electron chi connectivity index (χ4n) is 1.86. The molecule has 3 N–H and O–H groups in total. The number of aromatic amines is 1. The first kappa shape index (κ1) is 12.5. The third-order valence-corrected chi connectivity index (χ3v) is 2.79. The third kappa shape index (κ3) is 2.48. The molecule has 1 unspecified atom stereocenters. The van der Waals surface area contributed by atoms with Gasteiger partial charge in [0.05, 0.1) is 17.4 Å². The quantitative estimate of drug-likeness (QED) is 0.842. The first-order chi connectivity index (χ1) is 8.61. The van der Waals surface area contributed by atoms with E-state index in [0.717, 1.165) is 18.5 Å². The lowest BCUT2D eigenvalue weighted by molar-refractivity contribution is 0.599. The van der Waals surface area contributed by atoms with Crippen LogP contribution < -0.4 is 11.3 Å². The number of hydrogen-bond acceptors (Lipinski definition) is 4. The Hall–Kier alpha value is -1.95. The van der Waals surface area contributed by atoms with E-state index < -0.39 is 0 Å². The Balaban J connectivity index is 2.45. The van der Waals surface area contributed by atoms with Crippen LogP contribution in [0.4, 0.5) is 0 Å². The van der Waals surface area contributed by atoms with Crippen molar-refractivity contribution in [3.8, 4) is 11.4 Å². The summed E-state index contributed by atoms with van der Waals surface area (Å²) in [7, 11) is 1.81. The maximum atomic E-state index is 11.6. The van der Waals surface area contributed by atoms with Gasteiger partial charge in [0, 0.05) is 19.3 Å². The fraction of sp³-hybridized carbons (Fsp3) is 0.417. The second-order valence-electron chi connectivity index (χ2n) is 4.25. The molecule has 0 bridgehead atoms. The van der Waals surface area contributed by atoms with Gasteiger partial charge in [-0.15, -0.1) is 0 Å². The van der Waals surface area contributed by atoms with Crippen molar-refractivity contribution in [3.63, 3.8) is 0 Å². The smallest absolute Gasteiger partial charge is 0.251 e. The number of nitrogens with two attached hydrogens (primary N) is 1. The topological polar surface area (TPSA) is 89.6 Å². The highest BCUT2D eigenvalue weighted by molar-refractivity contribution is 5.53. The van der Waals surface area contributed by atoms with Gasteiger partial charge in [0.1, 0.15) is 5.82 Å². The van der Waals surface area contributed by atoms with E-state index in [2.05, 4.69) is 15.1 Å². The predicted molar refractivity (Wildman–Crippen MR) is 68.9 cm³/mol. The number of H-pyrrole nitrogens is 1. The van der Waals surface area contributed by atoms with Crippen LogP contribution in [0, 0.1) is 0 Å².